The molecule has 0 aromatic heterocycles. The molecule has 0 heterocycles. The lowest BCUT2D eigenvalue weighted by Gasteiger charge is -2.26. The van der Waals surface area contributed by atoms with Crippen molar-refractivity contribution in [1.82, 2.24) is 5.32 Å². The summed E-state index contributed by atoms with van der Waals surface area (Å²) in [6, 6.07) is 1.76. The first-order valence-electron chi connectivity index (χ1n) is 6.39. The number of aryl methyl sites for hydroxylation is 1. The quantitative estimate of drug-likeness (QED) is 0.859. The maximum Gasteiger partial charge on any atom is 0.308 e. The highest BCUT2D eigenvalue weighted by molar-refractivity contribution is 5.71. The van der Waals surface area contributed by atoms with Crippen LogP contribution in [0.3, 0.4) is 0 Å². The van der Waals surface area contributed by atoms with Crippen LogP contribution in [0.25, 0.3) is 0 Å². The van der Waals surface area contributed by atoms with E-state index < -0.39 is 11.9 Å². The van der Waals surface area contributed by atoms with Crippen LogP contribution in [0.5, 0.6) is 5.75 Å². The second-order valence-corrected chi connectivity index (χ2v) is 4.95. The van der Waals surface area contributed by atoms with Crippen LogP contribution in [0.4, 0.5) is 0 Å². The molecule has 0 radical (unpaired) electrons. The summed E-state index contributed by atoms with van der Waals surface area (Å²) in [5.41, 5.74) is 4.24. The molecule has 0 aliphatic rings. The molecule has 2 atom stereocenters. The van der Waals surface area contributed by atoms with Crippen molar-refractivity contribution in [1.29, 1.82) is 0 Å². The van der Waals surface area contributed by atoms with Gasteiger partial charge in [0.2, 0.25) is 0 Å². The molecule has 0 amide bonds. The monoisotopic (exact) mass is 265 g/mol. The van der Waals surface area contributed by atoms with Gasteiger partial charge in [-0.05, 0) is 56.1 Å². The molecule has 1 aromatic rings. The summed E-state index contributed by atoms with van der Waals surface area (Å²) in [6.45, 7) is 7.72. The van der Waals surface area contributed by atoms with E-state index in [2.05, 4.69) is 5.32 Å². The molecule has 0 saturated heterocycles. The average molecular weight is 265 g/mol. The normalized spacial score (nSPS) is 14.0. The number of methoxy groups -OCH3 is 1. The number of carboxylic acid groups (broad SMARTS) is 1. The van der Waals surface area contributed by atoms with E-state index in [1.165, 1.54) is 0 Å². The second-order valence-electron chi connectivity index (χ2n) is 4.95. The Morgan fingerprint density at radius 3 is 2.32 bits per heavy atom. The molecule has 1 aromatic carbocycles. The van der Waals surface area contributed by atoms with Gasteiger partial charge in [-0.1, -0.05) is 6.92 Å². The fourth-order valence-corrected chi connectivity index (χ4v) is 2.54. The first kappa shape index (κ1) is 15.5. The van der Waals surface area contributed by atoms with Crippen LogP contribution in [0.15, 0.2) is 6.07 Å². The fraction of sp³-hybridized carbons (Fsp3) is 0.533. The van der Waals surface area contributed by atoms with Gasteiger partial charge in [-0.3, -0.25) is 4.79 Å². The molecule has 106 valence electrons. The predicted octanol–water partition coefficient (Wildman–Crippen LogP) is 2.60. The molecular weight excluding hydrogens is 242 g/mol. The zero-order valence-corrected chi connectivity index (χ0v) is 12.5. The first-order valence-corrected chi connectivity index (χ1v) is 6.39. The number of hydrogen-bond acceptors (Lipinski definition) is 3. The summed E-state index contributed by atoms with van der Waals surface area (Å²) < 4.78 is 5.35. The predicted molar refractivity (Wildman–Crippen MR) is 75.8 cm³/mol. The van der Waals surface area contributed by atoms with Gasteiger partial charge in [-0.15, -0.1) is 0 Å². The van der Waals surface area contributed by atoms with Gasteiger partial charge >= 0.3 is 5.97 Å². The molecule has 19 heavy (non-hydrogen) atoms. The molecule has 0 saturated carbocycles. The van der Waals surface area contributed by atoms with E-state index in [9.17, 15) is 9.90 Å². The summed E-state index contributed by atoms with van der Waals surface area (Å²) in [7, 11) is 3.44. The topological polar surface area (TPSA) is 58.6 Å². The van der Waals surface area contributed by atoms with E-state index in [1.807, 2.05) is 26.8 Å². The minimum atomic E-state index is -0.799. The summed E-state index contributed by atoms with van der Waals surface area (Å²) in [5.74, 6) is -0.446. The summed E-state index contributed by atoms with van der Waals surface area (Å²) in [4.78, 5) is 11.2. The SMILES string of the molecule is CNC(c1c(C)cc(OC)c(C)c1C)C(C)C(=O)O. The van der Waals surface area contributed by atoms with Crippen molar-refractivity contribution >= 4 is 5.97 Å². The molecule has 2 N–H and O–H groups in total. The Bertz CT molecular complexity index is 483. The highest BCUT2D eigenvalue weighted by Gasteiger charge is 2.27. The molecular formula is C15H23NO3. The van der Waals surface area contributed by atoms with Crippen molar-refractivity contribution in [2.24, 2.45) is 5.92 Å². The number of aliphatic carboxylic acids is 1. The number of hydrogen-bond donors (Lipinski definition) is 2. The van der Waals surface area contributed by atoms with E-state index in [1.54, 1.807) is 21.1 Å². The van der Waals surface area contributed by atoms with Gasteiger partial charge in [0.25, 0.3) is 0 Å². The molecule has 4 nitrogen and oxygen atoms in total. The lowest BCUT2D eigenvalue weighted by molar-refractivity contribution is -0.142. The van der Waals surface area contributed by atoms with E-state index in [0.717, 1.165) is 28.0 Å². The third-order valence-corrected chi connectivity index (χ3v) is 3.84. The second kappa shape index (κ2) is 6.06. The Labute approximate surface area is 114 Å². The molecule has 2 unspecified atom stereocenters. The molecule has 0 bridgehead atoms. The third-order valence-electron chi connectivity index (χ3n) is 3.84. The van der Waals surface area contributed by atoms with Gasteiger partial charge in [0.15, 0.2) is 0 Å². The highest BCUT2D eigenvalue weighted by atomic mass is 16.5. The maximum absolute atomic E-state index is 11.2. The van der Waals surface area contributed by atoms with Crippen LogP contribution in [-0.4, -0.2) is 25.2 Å². The zero-order chi connectivity index (χ0) is 14.7. The van der Waals surface area contributed by atoms with Crippen molar-refractivity contribution in [3.8, 4) is 5.75 Å². The van der Waals surface area contributed by atoms with Crippen LogP contribution in [-0.2, 0) is 4.79 Å². The third kappa shape index (κ3) is 2.89. The number of ether oxygens (including phenoxy) is 1. The van der Waals surface area contributed by atoms with Gasteiger partial charge in [0.1, 0.15) is 5.75 Å². The zero-order valence-electron chi connectivity index (χ0n) is 12.5. The molecule has 0 fully saturated rings. The van der Waals surface area contributed by atoms with Crippen LogP contribution in [0.1, 0.15) is 35.2 Å². The van der Waals surface area contributed by atoms with Crippen LogP contribution in [0, 0.1) is 26.7 Å². The van der Waals surface area contributed by atoms with Crippen molar-refractivity contribution in [3.05, 3.63) is 28.3 Å². The Morgan fingerprint density at radius 2 is 1.89 bits per heavy atom. The Balaban J connectivity index is 3.40. The standard InChI is InChI=1S/C15H23NO3/c1-8-7-12(19-6)9(2)10(3)13(8)14(16-5)11(4)15(17)18/h7,11,14,16H,1-6H3,(H,17,18). The highest BCUT2D eigenvalue weighted by Crippen LogP contribution is 2.34. The number of rotatable bonds is 5. The lowest BCUT2D eigenvalue weighted by Crippen LogP contribution is -2.30. The lowest BCUT2D eigenvalue weighted by atomic mass is 9.86. The van der Waals surface area contributed by atoms with Crippen LogP contribution in [0.2, 0.25) is 0 Å². The van der Waals surface area contributed by atoms with Crippen LogP contribution < -0.4 is 10.1 Å². The summed E-state index contributed by atoms with van der Waals surface area (Å²) in [6.07, 6.45) is 0. The molecule has 0 aliphatic carbocycles. The Hall–Kier alpha value is -1.55. The number of nitrogens with one attached hydrogen (secondary N) is 1. The minimum absolute atomic E-state index is 0.206. The average Bonchev–Trinajstić information content (AvgIpc) is 2.37. The van der Waals surface area contributed by atoms with Gasteiger partial charge in [-0.2, -0.15) is 0 Å². The molecule has 0 spiro atoms. The summed E-state index contributed by atoms with van der Waals surface area (Å²) in [5, 5.41) is 12.4. The smallest absolute Gasteiger partial charge is 0.308 e. The first-order chi connectivity index (χ1) is 8.84. The van der Waals surface area contributed by atoms with Gasteiger partial charge < -0.3 is 15.2 Å². The van der Waals surface area contributed by atoms with E-state index in [0.29, 0.717) is 0 Å². The van der Waals surface area contributed by atoms with Gasteiger partial charge in [-0.25, -0.2) is 0 Å². The van der Waals surface area contributed by atoms with E-state index >= 15 is 0 Å². The fourth-order valence-electron chi connectivity index (χ4n) is 2.54. The number of benzene rings is 1. The largest absolute Gasteiger partial charge is 0.496 e. The molecule has 1 rings (SSSR count). The van der Waals surface area contributed by atoms with Crippen LogP contribution >= 0.6 is 0 Å². The maximum atomic E-state index is 11.2. The number of carboxylic acids is 1. The van der Waals surface area contributed by atoms with Gasteiger partial charge in [0.05, 0.1) is 13.0 Å². The van der Waals surface area contributed by atoms with E-state index in [-0.39, 0.29) is 6.04 Å². The van der Waals surface area contributed by atoms with Crippen molar-refractivity contribution in [3.63, 3.8) is 0 Å². The van der Waals surface area contributed by atoms with Crippen molar-refractivity contribution in [2.45, 2.75) is 33.7 Å². The van der Waals surface area contributed by atoms with Gasteiger partial charge in [0, 0.05) is 6.04 Å². The van der Waals surface area contributed by atoms with E-state index in [4.69, 9.17) is 4.74 Å². The number of carbonyl (C=O) groups is 1. The summed E-state index contributed by atoms with van der Waals surface area (Å²) >= 11 is 0. The Kier molecular flexibility index (Phi) is 4.95. The van der Waals surface area contributed by atoms with Crippen molar-refractivity contribution in [2.75, 3.05) is 14.2 Å². The molecule has 4 heteroatoms. The van der Waals surface area contributed by atoms with Crippen molar-refractivity contribution < 1.29 is 14.6 Å². The Morgan fingerprint density at radius 1 is 1.32 bits per heavy atom. The molecule has 0 aliphatic heterocycles. The minimum Gasteiger partial charge on any atom is -0.496 e.